The van der Waals surface area contributed by atoms with Crippen LogP contribution in [0.3, 0.4) is 0 Å². The Morgan fingerprint density at radius 3 is 2.58 bits per heavy atom. The molecule has 2 aliphatic rings. The molecule has 1 aliphatic carbocycles. The summed E-state index contributed by atoms with van der Waals surface area (Å²) >= 11 is 0. The van der Waals surface area contributed by atoms with Crippen LogP contribution in [0.25, 0.3) is 0 Å². The van der Waals surface area contributed by atoms with Crippen molar-refractivity contribution in [1.82, 2.24) is 10.2 Å². The summed E-state index contributed by atoms with van der Waals surface area (Å²) in [6.45, 7) is 3.54. The van der Waals surface area contributed by atoms with Gasteiger partial charge in [-0.2, -0.15) is 0 Å². The molecule has 166 valence electrons. The number of nitrogens with zero attached hydrogens (tertiary/aromatic N) is 1. The molecule has 1 fully saturated rings. The van der Waals surface area contributed by atoms with Gasteiger partial charge in [0.15, 0.2) is 11.5 Å². The lowest BCUT2D eigenvalue weighted by molar-refractivity contribution is -0.123. The van der Waals surface area contributed by atoms with Gasteiger partial charge in [0.2, 0.25) is 5.91 Å². The molecule has 5 nitrogen and oxygen atoms in total. The van der Waals surface area contributed by atoms with Gasteiger partial charge >= 0.3 is 0 Å². The normalized spacial score (nSPS) is 19.4. The van der Waals surface area contributed by atoms with Crippen molar-refractivity contribution >= 4 is 5.91 Å². The summed E-state index contributed by atoms with van der Waals surface area (Å²) in [6.07, 6.45) is 3.61. The van der Waals surface area contributed by atoms with E-state index in [9.17, 15) is 9.18 Å². The standard InChI is InChI=1S/C25H31FN2O3/c1-4-21(27-25(29)17-8-9-17)24-20-14-23(31-3)22(30-2)13-18(20)10-11-28(24)15-16-6-5-7-19(26)12-16/h5-7,12-14,17,21,24H,4,8-11,15H2,1-3H3,(H,27,29). The topological polar surface area (TPSA) is 50.8 Å². The second-order valence-electron chi connectivity index (χ2n) is 8.50. The van der Waals surface area contributed by atoms with E-state index in [1.807, 2.05) is 12.1 Å². The van der Waals surface area contributed by atoms with Crippen molar-refractivity contribution in [3.05, 3.63) is 58.9 Å². The highest BCUT2D eigenvalue weighted by molar-refractivity contribution is 5.81. The molecule has 0 spiro atoms. The van der Waals surface area contributed by atoms with Crippen molar-refractivity contribution in [2.45, 2.75) is 51.2 Å². The molecule has 0 aromatic heterocycles. The summed E-state index contributed by atoms with van der Waals surface area (Å²) in [5.74, 6) is 1.46. The van der Waals surface area contributed by atoms with Crippen LogP contribution in [-0.4, -0.2) is 37.6 Å². The number of rotatable bonds is 8. The first-order valence-electron chi connectivity index (χ1n) is 11.1. The molecule has 2 atom stereocenters. The van der Waals surface area contributed by atoms with Crippen LogP contribution in [0.2, 0.25) is 0 Å². The second kappa shape index (κ2) is 9.27. The van der Waals surface area contributed by atoms with Gasteiger partial charge in [-0.1, -0.05) is 19.1 Å². The fraction of sp³-hybridized carbons (Fsp3) is 0.480. The summed E-state index contributed by atoms with van der Waals surface area (Å²) < 4.78 is 24.9. The van der Waals surface area contributed by atoms with E-state index in [0.29, 0.717) is 18.0 Å². The third-order valence-corrected chi connectivity index (χ3v) is 6.40. The SMILES string of the molecule is CCC(NC(=O)C1CC1)C1c2cc(OC)c(OC)cc2CCN1Cc1cccc(F)c1. The predicted molar refractivity (Wildman–Crippen MR) is 118 cm³/mol. The number of hydrogen-bond acceptors (Lipinski definition) is 4. The predicted octanol–water partition coefficient (Wildman–Crippen LogP) is 4.25. The summed E-state index contributed by atoms with van der Waals surface area (Å²) in [5, 5.41) is 3.31. The number of hydrogen-bond donors (Lipinski definition) is 1. The molecular weight excluding hydrogens is 395 g/mol. The van der Waals surface area contributed by atoms with Crippen LogP contribution in [0.4, 0.5) is 4.39 Å². The maximum absolute atomic E-state index is 13.8. The second-order valence-corrected chi connectivity index (χ2v) is 8.50. The summed E-state index contributed by atoms with van der Waals surface area (Å²) in [5.41, 5.74) is 3.28. The van der Waals surface area contributed by atoms with Crippen molar-refractivity contribution < 1.29 is 18.7 Å². The first kappa shape index (κ1) is 21.6. The minimum absolute atomic E-state index is 0.0282. The van der Waals surface area contributed by atoms with Crippen LogP contribution >= 0.6 is 0 Å². The number of carbonyl (C=O) groups excluding carboxylic acids is 1. The molecule has 2 aromatic rings. The molecule has 2 unspecified atom stereocenters. The molecule has 31 heavy (non-hydrogen) atoms. The highest BCUT2D eigenvalue weighted by atomic mass is 19.1. The Bertz CT molecular complexity index is 944. The Hall–Kier alpha value is -2.60. The Morgan fingerprint density at radius 2 is 1.94 bits per heavy atom. The molecule has 4 rings (SSSR count). The lowest BCUT2D eigenvalue weighted by atomic mass is 9.86. The van der Waals surface area contributed by atoms with Gasteiger partial charge < -0.3 is 14.8 Å². The van der Waals surface area contributed by atoms with E-state index in [-0.39, 0.29) is 29.7 Å². The Labute approximate surface area is 183 Å². The van der Waals surface area contributed by atoms with Crippen LogP contribution in [-0.2, 0) is 17.8 Å². The smallest absolute Gasteiger partial charge is 0.223 e. The van der Waals surface area contributed by atoms with Gasteiger partial charge in [0.05, 0.1) is 20.3 Å². The molecule has 0 saturated heterocycles. The summed E-state index contributed by atoms with van der Waals surface area (Å²) in [4.78, 5) is 15.0. The van der Waals surface area contributed by atoms with E-state index in [0.717, 1.165) is 43.4 Å². The molecule has 0 bridgehead atoms. The fourth-order valence-corrected chi connectivity index (χ4v) is 4.60. The van der Waals surface area contributed by atoms with Gasteiger partial charge in [0.25, 0.3) is 0 Å². The van der Waals surface area contributed by atoms with E-state index in [4.69, 9.17) is 9.47 Å². The van der Waals surface area contributed by atoms with Gasteiger partial charge in [0, 0.05) is 25.0 Å². The van der Waals surface area contributed by atoms with E-state index in [1.54, 1.807) is 26.4 Å². The highest BCUT2D eigenvalue weighted by Crippen LogP contribution is 2.41. The van der Waals surface area contributed by atoms with Gasteiger partial charge in [-0.3, -0.25) is 9.69 Å². The van der Waals surface area contributed by atoms with Gasteiger partial charge in [-0.15, -0.1) is 0 Å². The van der Waals surface area contributed by atoms with Gasteiger partial charge in [-0.25, -0.2) is 4.39 Å². The number of fused-ring (bicyclic) bond motifs is 1. The zero-order chi connectivity index (χ0) is 22.0. The van der Waals surface area contributed by atoms with Crippen molar-refractivity contribution in [2.24, 2.45) is 5.92 Å². The molecule has 1 aliphatic heterocycles. The zero-order valence-electron chi connectivity index (χ0n) is 18.5. The van der Waals surface area contributed by atoms with Crippen LogP contribution in [0.5, 0.6) is 11.5 Å². The number of nitrogens with one attached hydrogen (secondary N) is 1. The first-order valence-corrected chi connectivity index (χ1v) is 11.1. The molecule has 1 heterocycles. The minimum Gasteiger partial charge on any atom is -0.493 e. The van der Waals surface area contributed by atoms with Crippen LogP contribution in [0.1, 0.15) is 48.9 Å². The molecule has 6 heteroatoms. The Balaban J connectivity index is 1.71. The first-order chi connectivity index (χ1) is 15.0. The van der Waals surface area contributed by atoms with Crippen molar-refractivity contribution in [3.8, 4) is 11.5 Å². The van der Waals surface area contributed by atoms with Crippen molar-refractivity contribution in [3.63, 3.8) is 0 Å². The molecular formula is C25H31FN2O3. The van der Waals surface area contributed by atoms with E-state index < -0.39 is 0 Å². The van der Waals surface area contributed by atoms with E-state index in [2.05, 4.69) is 23.2 Å². The van der Waals surface area contributed by atoms with Crippen LogP contribution < -0.4 is 14.8 Å². The molecule has 1 saturated carbocycles. The third-order valence-electron chi connectivity index (χ3n) is 6.40. The van der Waals surface area contributed by atoms with E-state index in [1.165, 1.54) is 11.6 Å². The number of ether oxygens (including phenoxy) is 2. The largest absolute Gasteiger partial charge is 0.493 e. The van der Waals surface area contributed by atoms with Gasteiger partial charge in [0.1, 0.15) is 5.82 Å². The molecule has 0 radical (unpaired) electrons. The highest BCUT2D eigenvalue weighted by Gasteiger charge is 2.37. The maximum atomic E-state index is 13.8. The number of carbonyl (C=O) groups is 1. The Kier molecular flexibility index (Phi) is 6.46. The molecule has 2 aromatic carbocycles. The average Bonchev–Trinajstić information content (AvgIpc) is 3.62. The lowest BCUT2D eigenvalue weighted by Crippen LogP contribution is -2.48. The number of methoxy groups -OCH3 is 2. The third kappa shape index (κ3) is 4.69. The van der Waals surface area contributed by atoms with Crippen molar-refractivity contribution in [2.75, 3.05) is 20.8 Å². The van der Waals surface area contributed by atoms with Crippen molar-refractivity contribution in [1.29, 1.82) is 0 Å². The quantitative estimate of drug-likeness (QED) is 0.686. The van der Waals surface area contributed by atoms with Gasteiger partial charge in [-0.05, 0) is 66.6 Å². The summed E-state index contributed by atoms with van der Waals surface area (Å²) in [7, 11) is 3.28. The summed E-state index contributed by atoms with van der Waals surface area (Å²) in [6, 6.07) is 10.8. The lowest BCUT2D eigenvalue weighted by Gasteiger charge is -2.42. The number of halogens is 1. The minimum atomic E-state index is -0.230. The van der Waals surface area contributed by atoms with E-state index >= 15 is 0 Å². The average molecular weight is 427 g/mol. The monoisotopic (exact) mass is 426 g/mol. The molecule has 1 N–H and O–H groups in total. The number of amides is 1. The van der Waals surface area contributed by atoms with Crippen LogP contribution in [0, 0.1) is 11.7 Å². The Morgan fingerprint density at radius 1 is 1.19 bits per heavy atom. The molecule has 1 amide bonds. The maximum Gasteiger partial charge on any atom is 0.223 e. The number of benzene rings is 2. The zero-order valence-corrected chi connectivity index (χ0v) is 18.5. The fourth-order valence-electron chi connectivity index (χ4n) is 4.60. The van der Waals surface area contributed by atoms with Crippen LogP contribution in [0.15, 0.2) is 36.4 Å².